The summed E-state index contributed by atoms with van der Waals surface area (Å²) in [4.78, 5) is 2.17. The van der Waals surface area contributed by atoms with E-state index >= 15 is 0 Å². The number of allylic oxidation sites excluding steroid dienone is 5. The van der Waals surface area contributed by atoms with Gasteiger partial charge in [-0.15, -0.1) is 0 Å². The molecule has 0 amide bonds. The Balaban J connectivity index is 0.00000256. The van der Waals surface area contributed by atoms with Crippen LogP contribution < -0.4 is 0 Å². The Morgan fingerprint density at radius 3 is 2.59 bits per heavy atom. The summed E-state index contributed by atoms with van der Waals surface area (Å²) in [5.41, 5.74) is 3.40. The van der Waals surface area contributed by atoms with Crippen molar-refractivity contribution in [2.24, 2.45) is 0 Å². The van der Waals surface area contributed by atoms with Gasteiger partial charge < -0.3 is 4.90 Å². The molecule has 1 nitrogen and oxygen atoms in total. The first-order valence-electron chi connectivity index (χ1n) is 5.45. The average Bonchev–Trinajstić information content (AvgIpc) is 2.30. The highest BCUT2D eigenvalue weighted by Crippen LogP contribution is 2.24. The fraction of sp³-hybridized carbons (Fsp3) is 0.250. The zero-order valence-corrected chi connectivity index (χ0v) is 9.78. The van der Waals surface area contributed by atoms with Crippen molar-refractivity contribution in [2.45, 2.75) is 20.3 Å². The van der Waals surface area contributed by atoms with Crippen LogP contribution in [0.4, 0.5) is 0 Å². The Bertz CT molecular complexity index is 369. The quantitative estimate of drug-likeness (QED) is 0.623. The maximum atomic E-state index is 4.09. The molecule has 0 spiro atoms. The van der Waals surface area contributed by atoms with Crippen LogP contribution >= 0.6 is 0 Å². The van der Waals surface area contributed by atoms with Crippen LogP contribution in [0.3, 0.4) is 0 Å². The normalized spacial score (nSPS) is 15.8. The molecule has 0 unspecified atom stereocenters. The molecule has 1 rings (SSSR count). The molecule has 0 saturated heterocycles. The van der Waals surface area contributed by atoms with Gasteiger partial charge in [-0.2, -0.15) is 0 Å². The van der Waals surface area contributed by atoms with E-state index < -0.39 is 0 Å². The van der Waals surface area contributed by atoms with Gasteiger partial charge in [-0.1, -0.05) is 58.0 Å². The third-order valence-electron chi connectivity index (χ3n) is 2.62. The highest BCUT2D eigenvalue weighted by atomic mass is 15.1. The average molecular weight is 229 g/mol. The Morgan fingerprint density at radius 2 is 2.06 bits per heavy atom. The first-order valence-corrected chi connectivity index (χ1v) is 5.45. The molecule has 1 heteroatoms. The molecule has 0 aromatic rings. The Hall–Kier alpha value is -1.76. The summed E-state index contributed by atoms with van der Waals surface area (Å²) < 4.78 is 0. The van der Waals surface area contributed by atoms with Crippen molar-refractivity contribution >= 4 is 0 Å². The van der Waals surface area contributed by atoms with Gasteiger partial charge in [0.25, 0.3) is 0 Å². The minimum absolute atomic E-state index is 0. The van der Waals surface area contributed by atoms with Crippen molar-refractivity contribution < 1.29 is 0 Å². The van der Waals surface area contributed by atoms with E-state index in [9.17, 15) is 0 Å². The minimum Gasteiger partial charge on any atom is -0.342 e. The second-order valence-electron chi connectivity index (χ2n) is 3.71. The van der Waals surface area contributed by atoms with Gasteiger partial charge in [0.15, 0.2) is 0 Å². The fourth-order valence-electron chi connectivity index (χ4n) is 1.73. The fourth-order valence-corrected chi connectivity index (χ4v) is 1.73. The molecular weight excluding hydrogens is 206 g/mol. The highest BCUT2D eigenvalue weighted by Gasteiger charge is 2.14. The van der Waals surface area contributed by atoms with Crippen molar-refractivity contribution in [2.75, 3.05) is 6.54 Å². The Morgan fingerprint density at radius 1 is 1.35 bits per heavy atom. The van der Waals surface area contributed by atoms with Gasteiger partial charge in [0.2, 0.25) is 0 Å². The lowest BCUT2D eigenvalue weighted by molar-refractivity contribution is 0.442. The largest absolute Gasteiger partial charge is 0.342 e. The van der Waals surface area contributed by atoms with E-state index in [0.29, 0.717) is 0 Å². The second-order valence-corrected chi connectivity index (χ2v) is 3.71. The zero-order chi connectivity index (χ0) is 12.0. The Labute approximate surface area is 106 Å². The van der Waals surface area contributed by atoms with Gasteiger partial charge in [0.05, 0.1) is 0 Å². The Kier molecular flexibility index (Phi) is 6.73. The topological polar surface area (TPSA) is 3.24 Å². The summed E-state index contributed by atoms with van der Waals surface area (Å²) in [5.74, 6) is 0. The highest BCUT2D eigenvalue weighted by molar-refractivity contribution is 5.30. The van der Waals surface area contributed by atoms with Crippen LogP contribution in [0.25, 0.3) is 0 Å². The molecule has 0 fully saturated rings. The summed E-state index contributed by atoms with van der Waals surface area (Å²) in [6.07, 6.45) is 11.7. The lowest BCUT2D eigenvalue weighted by Crippen LogP contribution is -2.25. The molecule has 0 radical (unpaired) electrons. The lowest BCUT2D eigenvalue weighted by atomic mass is 10.1. The second kappa shape index (κ2) is 7.50. The zero-order valence-electron chi connectivity index (χ0n) is 9.78. The predicted molar refractivity (Wildman–Crippen MR) is 78.6 cm³/mol. The first-order chi connectivity index (χ1) is 7.72. The molecule has 1 heterocycles. The van der Waals surface area contributed by atoms with Gasteiger partial charge in [-0.05, 0) is 24.5 Å². The molecule has 1 aliphatic heterocycles. The SMILES string of the molecule is C.C=C/C=C(\C=C)CN1C(=C)CCC=C1C=C. The molecule has 0 atom stereocenters. The van der Waals surface area contributed by atoms with Gasteiger partial charge in [-0.3, -0.25) is 0 Å². The van der Waals surface area contributed by atoms with E-state index in [1.54, 1.807) is 6.08 Å². The van der Waals surface area contributed by atoms with Crippen molar-refractivity contribution in [1.82, 2.24) is 4.90 Å². The summed E-state index contributed by atoms with van der Waals surface area (Å²) in [7, 11) is 0. The third-order valence-corrected chi connectivity index (χ3v) is 2.62. The maximum Gasteiger partial charge on any atom is 0.0478 e. The maximum absolute atomic E-state index is 4.09. The molecule has 0 bridgehead atoms. The molecule has 0 aromatic carbocycles. The summed E-state index contributed by atoms with van der Waals surface area (Å²) >= 11 is 0. The molecule has 0 N–H and O–H groups in total. The summed E-state index contributed by atoms with van der Waals surface area (Å²) in [6, 6.07) is 0. The van der Waals surface area contributed by atoms with Crippen LogP contribution in [0.2, 0.25) is 0 Å². The van der Waals surface area contributed by atoms with Crippen LogP contribution in [-0.4, -0.2) is 11.4 Å². The molecule has 92 valence electrons. The molecular formula is C16H23N. The minimum atomic E-state index is 0. The molecule has 1 aliphatic rings. The van der Waals surface area contributed by atoms with Crippen molar-refractivity contribution in [3.05, 3.63) is 73.7 Å². The van der Waals surface area contributed by atoms with Crippen LogP contribution in [0.1, 0.15) is 20.3 Å². The van der Waals surface area contributed by atoms with Crippen molar-refractivity contribution in [3.63, 3.8) is 0 Å². The molecule has 0 aromatic heterocycles. The molecule has 0 saturated carbocycles. The van der Waals surface area contributed by atoms with Crippen LogP contribution in [0.5, 0.6) is 0 Å². The van der Waals surface area contributed by atoms with Crippen molar-refractivity contribution in [3.8, 4) is 0 Å². The van der Waals surface area contributed by atoms with E-state index in [1.165, 1.54) is 0 Å². The number of hydrogen-bond acceptors (Lipinski definition) is 1. The number of nitrogens with zero attached hydrogens (tertiary/aromatic N) is 1. The molecule has 17 heavy (non-hydrogen) atoms. The van der Waals surface area contributed by atoms with Gasteiger partial charge in [-0.25, -0.2) is 0 Å². The monoisotopic (exact) mass is 229 g/mol. The van der Waals surface area contributed by atoms with Crippen LogP contribution in [-0.2, 0) is 0 Å². The van der Waals surface area contributed by atoms with E-state index in [4.69, 9.17) is 0 Å². The first kappa shape index (κ1) is 15.2. The number of hydrogen-bond donors (Lipinski definition) is 0. The van der Waals surface area contributed by atoms with Crippen LogP contribution in [0, 0.1) is 0 Å². The van der Waals surface area contributed by atoms with E-state index in [2.05, 4.69) is 37.3 Å². The predicted octanol–water partition coefficient (Wildman–Crippen LogP) is 4.60. The summed E-state index contributed by atoms with van der Waals surface area (Å²) in [6.45, 7) is 16.2. The molecule has 0 aliphatic carbocycles. The number of rotatable bonds is 5. The standard InChI is InChI=1S/C15H19N.CH4/c1-5-9-14(6-2)12-16-13(4)10-8-11-15(16)7-3;/h5-7,9,11H,1-4,8,10,12H2;1H4/b14-9+;. The third kappa shape index (κ3) is 3.95. The smallest absolute Gasteiger partial charge is 0.0478 e. The van der Waals surface area contributed by atoms with Gasteiger partial charge in [0, 0.05) is 17.9 Å². The van der Waals surface area contributed by atoms with Crippen molar-refractivity contribution in [1.29, 1.82) is 0 Å². The van der Waals surface area contributed by atoms with Gasteiger partial charge >= 0.3 is 0 Å². The van der Waals surface area contributed by atoms with E-state index in [1.807, 2.05) is 18.2 Å². The summed E-state index contributed by atoms with van der Waals surface area (Å²) in [5, 5.41) is 0. The van der Waals surface area contributed by atoms with E-state index in [0.717, 1.165) is 36.4 Å². The lowest BCUT2D eigenvalue weighted by Gasteiger charge is -2.31. The van der Waals surface area contributed by atoms with Gasteiger partial charge in [0.1, 0.15) is 0 Å². The van der Waals surface area contributed by atoms with Crippen LogP contribution in [0.15, 0.2) is 73.7 Å². The van der Waals surface area contributed by atoms with E-state index in [-0.39, 0.29) is 7.43 Å².